The summed E-state index contributed by atoms with van der Waals surface area (Å²) in [5.41, 5.74) is 1.89. The van der Waals surface area contributed by atoms with Gasteiger partial charge in [-0.25, -0.2) is 12.8 Å². The second-order valence-electron chi connectivity index (χ2n) is 7.20. The van der Waals surface area contributed by atoms with Crippen molar-refractivity contribution < 1.29 is 17.6 Å². The SMILES string of the molecule is Cc1ccc(N(C)S(=O)(=O)c2cccc(C(=O)N(C)Cc3c(F)cccc3Cl)c2)cc1. The molecule has 5 nitrogen and oxygen atoms in total. The highest BCUT2D eigenvalue weighted by Gasteiger charge is 2.23. The number of halogens is 2. The summed E-state index contributed by atoms with van der Waals surface area (Å²) in [5.74, 6) is -0.961. The minimum Gasteiger partial charge on any atom is -0.337 e. The summed E-state index contributed by atoms with van der Waals surface area (Å²) in [5, 5.41) is 0.218. The number of sulfonamides is 1. The molecular weight excluding hydrogens is 439 g/mol. The summed E-state index contributed by atoms with van der Waals surface area (Å²) >= 11 is 6.05. The number of nitrogens with zero attached hydrogens (tertiary/aromatic N) is 2. The highest BCUT2D eigenvalue weighted by Crippen LogP contribution is 2.24. The van der Waals surface area contributed by atoms with Crippen LogP contribution in [0.1, 0.15) is 21.5 Å². The molecule has 0 atom stereocenters. The zero-order valence-electron chi connectivity index (χ0n) is 17.3. The van der Waals surface area contributed by atoms with Crippen molar-refractivity contribution in [1.29, 1.82) is 0 Å². The van der Waals surface area contributed by atoms with Gasteiger partial charge >= 0.3 is 0 Å². The standard InChI is InChI=1S/C23H22ClFN2O3S/c1-16-10-12-18(13-11-16)27(3)31(29,30)19-7-4-6-17(14-19)23(28)26(2)15-20-21(24)8-5-9-22(20)25/h4-14H,15H2,1-3H3. The van der Waals surface area contributed by atoms with Crippen molar-refractivity contribution in [2.45, 2.75) is 18.4 Å². The van der Waals surface area contributed by atoms with Crippen molar-refractivity contribution in [3.05, 3.63) is 94.3 Å². The molecule has 162 valence electrons. The Morgan fingerprint density at radius 3 is 2.29 bits per heavy atom. The highest BCUT2D eigenvalue weighted by atomic mass is 35.5. The van der Waals surface area contributed by atoms with E-state index in [1.54, 1.807) is 18.2 Å². The van der Waals surface area contributed by atoms with Crippen LogP contribution in [0.15, 0.2) is 71.6 Å². The summed E-state index contributed by atoms with van der Waals surface area (Å²) in [6.07, 6.45) is 0. The fourth-order valence-electron chi connectivity index (χ4n) is 3.05. The Morgan fingerprint density at radius 2 is 1.65 bits per heavy atom. The van der Waals surface area contributed by atoms with Gasteiger partial charge in [0.25, 0.3) is 15.9 Å². The van der Waals surface area contributed by atoms with E-state index in [-0.39, 0.29) is 27.6 Å². The maximum absolute atomic E-state index is 14.1. The summed E-state index contributed by atoms with van der Waals surface area (Å²) in [6, 6.07) is 17.2. The van der Waals surface area contributed by atoms with Gasteiger partial charge in [0, 0.05) is 36.8 Å². The minimum absolute atomic E-state index is 0.0150. The average molecular weight is 461 g/mol. The molecule has 0 saturated carbocycles. The Hall–Kier alpha value is -2.90. The van der Waals surface area contributed by atoms with Crippen molar-refractivity contribution in [2.75, 3.05) is 18.4 Å². The van der Waals surface area contributed by atoms with Crippen LogP contribution >= 0.6 is 11.6 Å². The van der Waals surface area contributed by atoms with E-state index in [9.17, 15) is 17.6 Å². The fourth-order valence-corrected chi connectivity index (χ4v) is 4.52. The van der Waals surface area contributed by atoms with E-state index in [4.69, 9.17) is 11.6 Å². The molecule has 3 rings (SSSR count). The largest absolute Gasteiger partial charge is 0.337 e. The minimum atomic E-state index is -3.88. The van der Waals surface area contributed by atoms with Gasteiger partial charge in [-0.15, -0.1) is 0 Å². The third kappa shape index (κ3) is 4.89. The van der Waals surface area contributed by atoms with Crippen LogP contribution in [0.25, 0.3) is 0 Å². The topological polar surface area (TPSA) is 57.7 Å². The lowest BCUT2D eigenvalue weighted by atomic mass is 10.1. The average Bonchev–Trinajstić information content (AvgIpc) is 2.76. The molecule has 3 aromatic rings. The molecule has 0 aliphatic rings. The smallest absolute Gasteiger partial charge is 0.264 e. The van der Waals surface area contributed by atoms with E-state index in [2.05, 4.69) is 0 Å². The van der Waals surface area contributed by atoms with Crippen molar-refractivity contribution in [1.82, 2.24) is 4.90 Å². The van der Waals surface area contributed by atoms with Gasteiger partial charge in [0.15, 0.2) is 0 Å². The number of hydrogen-bond acceptors (Lipinski definition) is 3. The number of anilines is 1. The van der Waals surface area contributed by atoms with E-state index < -0.39 is 21.7 Å². The summed E-state index contributed by atoms with van der Waals surface area (Å²) in [6.45, 7) is 1.86. The van der Waals surface area contributed by atoms with Crippen LogP contribution in [0, 0.1) is 12.7 Å². The molecule has 0 radical (unpaired) electrons. The van der Waals surface area contributed by atoms with Crippen LogP contribution < -0.4 is 4.31 Å². The first-order chi connectivity index (χ1) is 14.6. The molecule has 0 aliphatic heterocycles. The van der Waals surface area contributed by atoms with Crippen molar-refractivity contribution in [2.24, 2.45) is 0 Å². The van der Waals surface area contributed by atoms with E-state index in [1.165, 1.54) is 59.7 Å². The Labute approximate surface area is 186 Å². The second kappa shape index (κ2) is 9.08. The van der Waals surface area contributed by atoms with Gasteiger partial charge in [-0.2, -0.15) is 0 Å². The lowest BCUT2D eigenvalue weighted by Gasteiger charge is -2.21. The van der Waals surface area contributed by atoms with Gasteiger partial charge in [0.1, 0.15) is 5.82 Å². The van der Waals surface area contributed by atoms with Gasteiger partial charge in [0.05, 0.1) is 10.6 Å². The predicted octanol–water partition coefficient (Wildman–Crippen LogP) is 4.88. The maximum atomic E-state index is 14.1. The molecule has 0 N–H and O–H groups in total. The van der Waals surface area contributed by atoms with Crippen molar-refractivity contribution >= 4 is 33.2 Å². The molecule has 0 spiro atoms. The van der Waals surface area contributed by atoms with Gasteiger partial charge in [-0.1, -0.05) is 41.4 Å². The van der Waals surface area contributed by atoms with E-state index in [1.807, 2.05) is 19.1 Å². The van der Waals surface area contributed by atoms with E-state index >= 15 is 0 Å². The van der Waals surface area contributed by atoms with Crippen molar-refractivity contribution in [3.63, 3.8) is 0 Å². The van der Waals surface area contributed by atoms with Crippen LogP contribution in [-0.2, 0) is 16.6 Å². The van der Waals surface area contributed by atoms with Crippen LogP contribution in [0.3, 0.4) is 0 Å². The first-order valence-electron chi connectivity index (χ1n) is 9.45. The first-order valence-corrected chi connectivity index (χ1v) is 11.3. The summed E-state index contributed by atoms with van der Waals surface area (Å²) in [4.78, 5) is 14.2. The molecule has 0 heterocycles. The monoisotopic (exact) mass is 460 g/mol. The number of benzene rings is 3. The highest BCUT2D eigenvalue weighted by molar-refractivity contribution is 7.92. The van der Waals surface area contributed by atoms with E-state index in [0.29, 0.717) is 5.69 Å². The van der Waals surface area contributed by atoms with E-state index in [0.717, 1.165) is 5.56 Å². The van der Waals surface area contributed by atoms with Crippen LogP contribution in [0.2, 0.25) is 5.02 Å². The second-order valence-corrected chi connectivity index (χ2v) is 9.57. The zero-order valence-corrected chi connectivity index (χ0v) is 18.9. The maximum Gasteiger partial charge on any atom is 0.264 e. The predicted molar refractivity (Wildman–Crippen MR) is 120 cm³/mol. The Balaban J connectivity index is 1.86. The third-order valence-electron chi connectivity index (χ3n) is 4.94. The van der Waals surface area contributed by atoms with Crippen molar-refractivity contribution in [3.8, 4) is 0 Å². The Bertz CT molecular complexity index is 1190. The molecule has 3 aromatic carbocycles. The van der Waals surface area contributed by atoms with Crippen LogP contribution in [-0.4, -0.2) is 33.3 Å². The fraction of sp³-hybridized carbons (Fsp3) is 0.174. The molecule has 0 aliphatic carbocycles. The number of rotatable bonds is 6. The first kappa shape index (κ1) is 22.8. The van der Waals surface area contributed by atoms with Gasteiger partial charge < -0.3 is 4.90 Å². The zero-order chi connectivity index (χ0) is 22.8. The van der Waals surface area contributed by atoms with Crippen LogP contribution in [0.5, 0.6) is 0 Å². The number of amides is 1. The molecule has 0 aromatic heterocycles. The number of carbonyl (C=O) groups excluding carboxylic acids is 1. The molecule has 31 heavy (non-hydrogen) atoms. The lowest BCUT2D eigenvalue weighted by Crippen LogP contribution is -2.28. The third-order valence-corrected chi connectivity index (χ3v) is 7.08. The number of carbonyl (C=O) groups is 1. The molecule has 0 bridgehead atoms. The Morgan fingerprint density at radius 1 is 1.00 bits per heavy atom. The van der Waals surface area contributed by atoms with Gasteiger partial charge in [0.2, 0.25) is 0 Å². The number of hydrogen-bond donors (Lipinski definition) is 0. The molecule has 0 fully saturated rings. The normalized spacial score (nSPS) is 11.3. The summed E-state index contributed by atoms with van der Waals surface area (Å²) in [7, 11) is -0.914. The van der Waals surface area contributed by atoms with Gasteiger partial charge in [-0.3, -0.25) is 9.10 Å². The van der Waals surface area contributed by atoms with Gasteiger partial charge in [-0.05, 0) is 49.4 Å². The number of aryl methyl sites for hydroxylation is 1. The molecule has 8 heteroatoms. The molecular formula is C23H22ClFN2O3S. The Kier molecular flexibility index (Phi) is 6.67. The summed E-state index contributed by atoms with van der Waals surface area (Å²) < 4.78 is 41.4. The van der Waals surface area contributed by atoms with Crippen LogP contribution in [0.4, 0.5) is 10.1 Å². The quantitative estimate of drug-likeness (QED) is 0.526. The molecule has 0 saturated heterocycles. The lowest BCUT2D eigenvalue weighted by molar-refractivity contribution is 0.0783. The molecule has 1 amide bonds. The molecule has 0 unspecified atom stereocenters.